The Morgan fingerprint density at radius 3 is 2.55 bits per heavy atom. The second-order valence-corrected chi connectivity index (χ2v) is 13.2. The number of fused-ring (bicyclic) bond motifs is 1. The summed E-state index contributed by atoms with van der Waals surface area (Å²) in [4.78, 5) is 19.0. The number of carbonyl (C=O) groups is 1. The summed E-state index contributed by atoms with van der Waals surface area (Å²) in [5, 5.41) is 6.14. The molecule has 2 saturated heterocycles. The van der Waals surface area contributed by atoms with Crippen LogP contribution in [0.25, 0.3) is 10.9 Å². The fourth-order valence-electron chi connectivity index (χ4n) is 6.33. The Bertz CT molecular complexity index is 1350. The van der Waals surface area contributed by atoms with Crippen LogP contribution in [0.4, 0.5) is 10.5 Å². The molecule has 5 rings (SSSR count). The SMILES string of the molecule is Cc1cccc(N2CCC(c3c(CN(C)CCN(C)C(=O)OC(C)(C)C)ccc4c3cnn4C3CCCCO3)CC2)c1. The summed E-state index contributed by atoms with van der Waals surface area (Å²) in [6.45, 7) is 12.9. The van der Waals surface area contributed by atoms with Gasteiger partial charge in [0.05, 0.1) is 11.7 Å². The van der Waals surface area contributed by atoms with Crippen molar-refractivity contribution in [1.29, 1.82) is 0 Å². The molecule has 1 atom stereocenters. The molecule has 8 heteroatoms. The van der Waals surface area contributed by atoms with E-state index in [-0.39, 0.29) is 12.3 Å². The molecule has 0 saturated carbocycles. The molecule has 3 heterocycles. The molecule has 42 heavy (non-hydrogen) atoms. The lowest BCUT2D eigenvalue weighted by molar-refractivity contribution is -0.0366. The lowest BCUT2D eigenvalue weighted by Gasteiger charge is -2.35. The quantitative estimate of drug-likeness (QED) is 0.297. The average Bonchev–Trinajstić information content (AvgIpc) is 3.40. The molecule has 0 radical (unpaired) electrons. The molecule has 1 aromatic heterocycles. The Hall–Kier alpha value is -3.10. The Labute approximate surface area is 251 Å². The van der Waals surface area contributed by atoms with Crippen LogP contribution in [0.2, 0.25) is 0 Å². The molecule has 2 fully saturated rings. The van der Waals surface area contributed by atoms with Gasteiger partial charge in [-0.2, -0.15) is 5.10 Å². The van der Waals surface area contributed by atoms with Crippen LogP contribution in [0.1, 0.15) is 81.7 Å². The molecule has 2 aromatic carbocycles. The third-order valence-corrected chi connectivity index (χ3v) is 8.57. The van der Waals surface area contributed by atoms with Gasteiger partial charge in [-0.3, -0.25) is 0 Å². The van der Waals surface area contributed by atoms with Crippen LogP contribution >= 0.6 is 0 Å². The van der Waals surface area contributed by atoms with Crippen molar-refractivity contribution in [3.63, 3.8) is 0 Å². The number of nitrogens with zero attached hydrogens (tertiary/aromatic N) is 5. The number of aryl methyl sites for hydroxylation is 1. The van der Waals surface area contributed by atoms with Crippen molar-refractivity contribution in [2.24, 2.45) is 0 Å². The van der Waals surface area contributed by atoms with Gasteiger partial charge in [-0.1, -0.05) is 18.2 Å². The second-order valence-electron chi connectivity index (χ2n) is 13.2. The zero-order chi connectivity index (χ0) is 29.9. The maximum atomic E-state index is 12.5. The Morgan fingerprint density at radius 2 is 1.86 bits per heavy atom. The van der Waals surface area contributed by atoms with Crippen molar-refractivity contribution in [2.45, 2.75) is 84.1 Å². The van der Waals surface area contributed by atoms with E-state index >= 15 is 0 Å². The molecule has 228 valence electrons. The van der Waals surface area contributed by atoms with Crippen molar-refractivity contribution >= 4 is 22.7 Å². The average molecular weight is 576 g/mol. The van der Waals surface area contributed by atoms with Gasteiger partial charge in [0.1, 0.15) is 5.60 Å². The number of aromatic nitrogens is 2. The molecular formula is C34H49N5O3. The topological polar surface area (TPSA) is 63.1 Å². The van der Waals surface area contributed by atoms with Crippen LogP contribution in [0.5, 0.6) is 0 Å². The van der Waals surface area contributed by atoms with E-state index in [0.717, 1.165) is 58.5 Å². The molecule has 2 aliphatic heterocycles. The summed E-state index contributed by atoms with van der Waals surface area (Å²) in [5.74, 6) is 0.465. The molecule has 3 aromatic rings. The van der Waals surface area contributed by atoms with E-state index < -0.39 is 5.60 Å². The molecule has 8 nitrogen and oxygen atoms in total. The van der Waals surface area contributed by atoms with E-state index in [0.29, 0.717) is 12.5 Å². The van der Waals surface area contributed by atoms with Gasteiger partial charge in [0.15, 0.2) is 6.23 Å². The lowest BCUT2D eigenvalue weighted by Crippen LogP contribution is -2.38. The predicted octanol–water partition coefficient (Wildman–Crippen LogP) is 6.73. The van der Waals surface area contributed by atoms with E-state index in [9.17, 15) is 4.79 Å². The van der Waals surface area contributed by atoms with Crippen molar-refractivity contribution in [3.05, 3.63) is 59.3 Å². The molecule has 0 N–H and O–H groups in total. The summed E-state index contributed by atoms with van der Waals surface area (Å²) < 4.78 is 13.8. The van der Waals surface area contributed by atoms with Gasteiger partial charge < -0.3 is 24.2 Å². The van der Waals surface area contributed by atoms with Gasteiger partial charge in [0, 0.05) is 57.5 Å². The maximum Gasteiger partial charge on any atom is 0.410 e. The minimum atomic E-state index is -0.496. The van der Waals surface area contributed by atoms with Crippen LogP contribution in [-0.4, -0.2) is 78.2 Å². The highest BCUT2D eigenvalue weighted by molar-refractivity contribution is 5.84. The summed E-state index contributed by atoms with van der Waals surface area (Å²) in [7, 11) is 3.94. The van der Waals surface area contributed by atoms with Crippen molar-refractivity contribution in [1.82, 2.24) is 19.6 Å². The third kappa shape index (κ3) is 7.27. The normalized spacial score (nSPS) is 18.5. The van der Waals surface area contributed by atoms with E-state index in [1.807, 2.05) is 27.8 Å². The summed E-state index contributed by atoms with van der Waals surface area (Å²) in [6.07, 6.45) is 7.34. The monoisotopic (exact) mass is 575 g/mol. The van der Waals surface area contributed by atoms with Crippen LogP contribution in [0, 0.1) is 6.92 Å². The van der Waals surface area contributed by atoms with E-state index in [2.05, 4.69) is 71.0 Å². The van der Waals surface area contributed by atoms with Gasteiger partial charge in [0.25, 0.3) is 0 Å². The standard InChI is InChI=1S/C34H49N5O3/c1-25-10-9-11-28(22-25)38-17-15-26(16-18-38)32-27(24-36(5)19-20-37(6)33(40)42-34(2,3)4)13-14-30-29(32)23-35-39(30)31-12-7-8-21-41-31/h9-11,13-14,22-23,26,31H,7-8,12,15-21,24H2,1-6H3. The zero-order valence-electron chi connectivity index (χ0n) is 26.4. The highest BCUT2D eigenvalue weighted by Crippen LogP contribution is 2.38. The molecule has 0 bridgehead atoms. The Kier molecular flexibility index (Phi) is 9.43. The van der Waals surface area contributed by atoms with Crippen LogP contribution in [-0.2, 0) is 16.0 Å². The predicted molar refractivity (Wildman–Crippen MR) is 169 cm³/mol. The van der Waals surface area contributed by atoms with E-state index in [4.69, 9.17) is 14.6 Å². The number of amides is 1. The van der Waals surface area contributed by atoms with Crippen LogP contribution < -0.4 is 4.90 Å². The highest BCUT2D eigenvalue weighted by atomic mass is 16.6. The van der Waals surface area contributed by atoms with E-state index in [1.165, 1.54) is 39.7 Å². The molecule has 1 amide bonds. The number of ether oxygens (including phenoxy) is 2. The molecular weight excluding hydrogens is 526 g/mol. The number of hydrogen-bond acceptors (Lipinski definition) is 6. The Morgan fingerprint density at radius 1 is 1.07 bits per heavy atom. The second kappa shape index (κ2) is 13.0. The number of anilines is 1. The van der Waals surface area contributed by atoms with Gasteiger partial charge in [0.2, 0.25) is 0 Å². The van der Waals surface area contributed by atoms with Crippen molar-refractivity contribution in [3.8, 4) is 0 Å². The number of hydrogen-bond donors (Lipinski definition) is 0. The van der Waals surface area contributed by atoms with Crippen molar-refractivity contribution in [2.75, 3.05) is 51.8 Å². The fourth-order valence-corrected chi connectivity index (χ4v) is 6.33. The van der Waals surface area contributed by atoms with Crippen LogP contribution in [0.3, 0.4) is 0 Å². The fraction of sp³-hybridized carbons (Fsp3) is 0.588. The van der Waals surface area contributed by atoms with Gasteiger partial charge >= 0.3 is 6.09 Å². The first-order valence-electron chi connectivity index (χ1n) is 15.6. The number of likely N-dealkylation sites (N-methyl/N-ethyl adjacent to an activating group) is 2. The number of carbonyl (C=O) groups excluding carboxylic acids is 1. The van der Waals surface area contributed by atoms with Gasteiger partial charge in [-0.15, -0.1) is 0 Å². The number of benzene rings is 2. The van der Waals surface area contributed by atoms with Gasteiger partial charge in [-0.25, -0.2) is 9.48 Å². The summed E-state index contributed by atoms with van der Waals surface area (Å²) >= 11 is 0. The Balaban J connectivity index is 1.35. The minimum Gasteiger partial charge on any atom is -0.444 e. The zero-order valence-corrected chi connectivity index (χ0v) is 26.4. The first kappa shape index (κ1) is 30.4. The first-order chi connectivity index (χ1) is 20.1. The molecule has 2 aliphatic rings. The summed E-state index contributed by atoms with van der Waals surface area (Å²) in [6, 6.07) is 13.4. The third-order valence-electron chi connectivity index (χ3n) is 8.57. The van der Waals surface area contributed by atoms with Gasteiger partial charge in [-0.05, 0) is 108 Å². The minimum absolute atomic E-state index is 0.0178. The number of piperidine rings is 1. The van der Waals surface area contributed by atoms with Crippen molar-refractivity contribution < 1.29 is 14.3 Å². The maximum absolute atomic E-state index is 12.5. The smallest absolute Gasteiger partial charge is 0.410 e. The molecule has 1 unspecified atom stereocenters. The molecule has 0 spiro atoms. The van der Waals surface area contributed by atoms with E-state index in [1.54, 1.807) is 4.90 Å². The first-order valence-corrected chi connectivity index (χ1v) is 15.6. The molecule has 0 aliphatic carbocycles. The lowest BCUT2D eigenvalue weighted by atomic mass is 9.84. The summed E-state index contributed by atoms with van der Waals surface area (Å²) in [5.41, 5.74) is 6.09. The number of rotatable bonds is 8. The highest BCUT2D eigenvalue weighted by Gasteiger charge is 2.28. The van der Waals surface area contributed by atoms with Crippen LogP contribution in [0.15, 0.2) is 42.6 Å². The largest absolute Gasteiger partial charge is 0.444 e.